The van der Waals surface area contributed by atoms with Crippen LogP contribution in [0.3, 0.4) is 0 Å². The summed E-state index contributed by atoms with van der Waals surface area (Å²) in [6.07, 6.45) is 1.51. The second kappa shape index (κ2) is 10.1. The molecule has 0 heterocycles. The highest BCUT2D eigenvalue weighted by Crippen LogP contribution is 2.38. The third kappa shape index (κ3) is 6.10. The number of halogens is 1. The molecule has 0 aromatic heterocycles. The largest absolute Gasteiger partial charge is 0.490 e. The molecule has 0 spiro atoms. The molecule has 0 aliphatic carbocycles. The molecular weight excluding hydrogens is 432 g/mol. The van der Waals surface area contributed by atoms with E-state index in [2.05, 4.69) is 21.2 Å². The maximum Gasteiger partial charge on any atom is 0.266 e. The third-order valence-corrected chi connectivity index (χ3v) is 4.59. The summed E-state index contributed by atoms with van der Waals surface area (Å²) < 4.78 is 12.2. The second-order valence-corrected chi connectivity index (χ2v) is 7.73. The number of benzene rings is 2. The Morgan fingerprint density at radius 2 is 2.00 bits per heavy atom. The van der Waals surface area contributed by atoms with Crippen molar-refractivity contribution >= 4 is 33.6 Å². The van der Waals surface area contributed by atoms with E-state index in [1.54, 1.807) is 12.1 Å². The molecule has 2 aromatic rings. The van der Waals surface area contributed by atoms with Gasteiger partial charge in [0.15, 0.2) is 11.5 Å². The molecule has 29 heavy (non-hydrogen) atoms. The van der Waals surface area contributed by atoms with E-state index in [-0.39, 0.29) is 11.7 Å². The molecule has 152 valence electrons. The molecule has 1 amide bonds. The Hall–Kier alpha value is -2.78. The van der Waals surface area contributed by atoms with Crippen LogP contribution in [0.2, 0.25) is 0 Å². The minimum atomic E-state index is -0.460. The van der Waals surface area contributed by atoms with E-state index in [4.69, 9.17) is 9.47 Å². The summed E-state index contributed by atoms with van der Waals surface area (Å²) in [6, 6.07) is 11.3. The number of hydrogen-bond donors (Lipinski definition) is 1. The van der Waals surface area contributed by atoms with Gasteiger partial charge in [-0.1, -0.05) is 12.1 Å². The van der Waals surface area contributed by atoms with Crippen LogP contribution in [-0.2, 0) is 4.79 Å². The van der Waals surface area contributed by atoms with Gasteiger partial charge in [0.05, 0.1) is 17.2 Å². The average molecular weight is 457 g/mol. The van der Waals surface area contributed by atoms with E-state index >= 15 is 0 Å². The first-order valence-corrected chi connectivity index (χ1v) is 10.2. The molecule has 0 radical (unpaired) electrons. The van der Waals surface area contributed by atoms with Gasteiger partial charge in [0.1, 0.15) is 11.6 Å². The molecule has 1 N–H and O–H groups in total. The number of carbonyl (C=O) groups excluding carboxylic acids is 1. The Balaban J connectivity index is 2.37. The van der Waals surface area contributed by atoms with Crippen molar-refractivity contribution in [1.29, 1.82) is 5.26 Å². The van der Waals surface area contributed by atoms with Crippen LogP contribution in [0.25, 0.3) is 6.08 Å². The lowest BCUT2D eigenvalue weighted by atomic mass is 10.1. The van der Waals surface area contributed by atoms with E-state index in [0.29, 0.717) is 33.8 Å². The molecule has 0 atom stereocenters. The molecule has 0 unspecified atom stereocenters. The first-order valence-electron chi connectivity index (χ1n) is 9.38. The van der Waals surface area contributed by atoms with Gasteiger partial charge in [0.2, 0.25) is 0 Å². The molecule has 6 heteroatoms. The summed E-state index contributed by atoms with van der Waals surface area (Å²) in [5, 5.41) is 12.3. The molecule has 0 saturated heterocycles. The molecular formula is C23H25BrN2O3. The van der Waals surface area contributed by atoms with Crippen molar-refractivity contribution in [2.24, 2.45) is 0 Å². The Bertz CT molecular complexity index is 975. The molecule has 5 nitrogen and oxygen atoms in total. The Labute approximate surface area is 180 Å². The highest BCUT2D eigenvalue weighted by molar-refractivity contribution is 9.10. The number of aryl methyl sites for hydroxylation is 2. The zero-order valence-corrected chi connectivity index (χ0v) is 18.9. The number of nitrogens with one attached hydrogen (secondary N) is 1. The van der Waals surface area contributed by atoms with Crippen molar-refractivity contribution in [3.8, 4) is 17.6 Å². The molecule has 2 aromatic carbocycles. The summed E-state index contributed by atoms with van der Waals surface area (Å²) in [7, 11) is 0. The van der Waals surface area contributed by atoms with E-state index in [0.717, 1.165) is 11.1 Å². The van der Waals surface area contributed by atoms with Crippen LogP contribution in [-0.4, -0.2) is 18.6 Å². The number of carbonyl (C=O) groups is 1. The van der Waals surface area contributed by atoms with Crippen molar-refractivity contribution in [1.82, 2.24) is 0 Å². The first-order chi connectivity index (χ1) is 13.7. The maximum atomic E-state index is 12.6. The molecule has 0 saturated carbocycles. The molecule has 0 aliphatic rings. The average Bonchev–Trinajstić information content (AvgIpc) is 2.65. The summed E-state index contributed by atoms with van der Waals surface area (Å²) >= 11 is 3.50. The summed E-state index contributed by atoms with van der Waals surface area (Å²) in [5.74, 6) is 0.684. The zero-order chi connectivity index (χ0) is 21.6. The summed E-state index contributed by atoms with van der Waals surface area (Å²) in [6.45, 7) is 10.1. The monoisotopic (exact) mass is 456 g/mol. The van der Waals surface area contributed by atoms with Gasteiger partial charge in [-0.05, 0) is 91.5 Å². The number of rotatable bonds is 7. The van der Waals surface area contributed by atoms with Crippen molar-refractivity contribution in [2.75, 3.05) is 11.9 Å². The molecule has 2 rings (SSSR count). The third-order valence-electron chi connectivity index (χ3n) is 4.00. The maximum absolute atomic E-state index is 12.6. The lowest BCUT2D eigenvalue weighted by Crippen LogP contribution is -2.14. The van der Waals surface area contributed by atoms with E-state index in [1.165, 1.54) is 6.08 Å². The number of nitriles is 1. The van der Waals surface area contributed by atoms with Gasteiger partial charge in [0, 0.05) is 5.69 Å². The lowest BCUT2D eigenvalue weighted by Gasteiger charge is -2.17. The van der Waals surface area contributed by atoms with Crippen LogP contribution in [0.15, 0.2) is 40.4 Å². The van der Waals surface area contributed by atoms with Gasteiger partial charge in [-0.2, -0.15) is 5.26 Å². The highest BCUT2D eigenvalue weighted by atomic mass is 79.9. The number of hydrogen-bond acceptors (Lipinski definition) is 4. The molecule has 0 aliphatic heterocycles. The number of amides is 1. The number of anilines is 1. The lowest BCUT2D eigenvalue weighted by molar-refractivity contribution is -0.112. The SMILES string of the molecule is CCOc1cc(/C=C(\C#N)C(=O)Nc2cc(C)ccc2C)cc(Br)c1OC(C)C. The Morgan fingerprint density at radius 1 is 1.28 bits per heavy atom. The van der Waals surface area contributed by atoms with Gasteiger partial charge < -0.3 is 14.8 Å². The quantitative estimate of drug-likeness (QED) is 0.422. The van der Waals surface area contributed by atoms with Crippen LogP contribution in [0.1, 0.15) is 37.5 Å². The van der Waals surface area contributed by atoms with Gasteiger partial charge in [-0.15, -0.1) is 0 Å². The standard InChI is InChI=1S/C23H25BrN2O3/c1-6-28-21-12-17(11-19(24)22(21)29-14(2)3)10-18(13-25)23(27)26-20-9-15(4)7-8-16(20)5/h7-12,14H,6H2,1-5H3,(H,26,27)/b18-10+. The van der Waals surface area contributed by atoms with Crippen LogP contribution in [0.4, 0.5) is 5.69 Å². The van der Waals surface area contributed by atoms with Crippen LogP contribution >= 0.6 is 15.9 Å². The predicted molar refractivity (Wildman–Crippen MR) is 119 cm³/mol. The van der Waals surface area contributed by atoms with Gasteiger partial charge >= 0.3 is 0 Å². The zero-order valence-electron chi connectivity index (χ0n) is 17.3. The normalized spacial score (nSPS) is 11.2. The van der Waals surface area contributed by atoms with Crippen LogP contribution in [0.5, 0.6) is 11.5 Å². The summed E-state index contributed by atoms with van der Waals surface area (Å²) in [5.41, 5.74) is 3.30. The number of ether oxygens (including phenoxy) is 2. The second-order valence-electron chi connectivity index (χ2n) is 6.87. The van der Waals surface area contributed by atoms with Crippen LogP contribution < -0.4 is 14.8 Å². The van der Waals surface area contributed by atoms with E-state index < -0.39 is 5.91 Å². The van der Waals surface area contributed by atoms with Crippen molar-refractivity contribution in [3.63, 3.8) is 0 Å². The predicted octanol–water partition coefficient (Wildman–Crippen LogP) is 5.80. The first kappa shape index (κ1) is 22.5. The topological polar surface area (TPSA) is 71.3 Å². The highest BCUT2D eigenvalue weighted by Gasteiger charge is 2.15. The smallest absolute Gasteiger partial charge is 0.266 e. The summed E-state index contributed by atoms with van der Waals surface area (Å²) in [4.78, 5) is 12.6. The van der Waals surface area contributed by atoms with Gasteiger partial charge in [0.25, 0.3) is 5.91 Å². The Kier molecular flexibility index (Phi) is 7.86. The fraction of sp³-hybridized carbons (Fsp3) is 0.304. The van der Waals surface area contributed by atoms with E-state index in [1.807, 2.05) is 58.9 Å². The fourth-order valence-corrected chi connectivity index (χ4v) is 3.21. The minimum Gasteiger partial charge on any atom is -0.490 e. The van der Waals surface area contributed by atoms with Gasteiger partial charge in [-0.25, -0.2) is 0 Å². The van der Waals surface area contributed by atoms with E-state index in [9.17, 15) is 10.1 Å². The number of nitrogens with zero attached hydrogens (tertiary/aromatic N) is 1. The molecule has 0 fully saturated rings. The van der Waals surface area contributed by atoms with Crippen molar-refractivity contribution in [2.45, 2.75) is 40.7 Å². The molecule has 0 bridgehead atoms. The Morgan fingerprint density at radius 3 is 2.62 bits per heavy atom. The minimum absolute atomic E-state index is 0.00205. The van der Waals surface area contributed by atoms with Gasteiger partial charge in [-0.3, -0.25) is 4.79 Å². The van der Waals surface area contributed by atoms with Crippen LogP contribution in [0, 0.1) is 25.2 Å². The fourth-order valence-electron chi connectivity index (χ4n) is 2.66. The van der Waals surface area contributed by atoms with Crippen molar-refractivity contribution < 1.29 is 14.3 Å². The van der Waals surface area contributed by atoms with Crippen molar-refractivity contribution in [3.05, 3.63) is 57.1 Å².